The van der Waals surface area contributed by atoms with Gasteiger partial charge in [0.25, 0.3) is 0 Å². The van der Waals surface area contributed by atoms with Gasteiger partial charge < -0.3 is 5.32 Å². The summed E-state index contributed by atoms with van der Waals surface area (Å²) in [6, 6.07) is 5.68. The lowest BCUT2D eigenvalue weighted by atomic mass is 10.1. The summed E-state index contributed by atoms with van der Waals surface area (Å²) in [5.74, 6) is 0. The monoisotopic (exact) mass is 300 g/mol. The molecule has 2 rings (SSSR count). The van der Waals surface area contributed by atoms with E-state index in [0.29, 0.717) is 5.02 Å². The SMILES string of the molecule is Cc1ncsc1CNC(C)c1cc(Cl)ccc1Cl. The van der Waals surface area contributed by atoms with Crippen LogP contribution in [0.15, 0.2) is 23.7 Å². The summed E-state index contributed by atoms with van der Waals surface area (Å²) in [6.45, 7) is 4.89. The van der Waals surface area contributed by atoms with Gasteiger partial charge in [-0.05, 0) is 37.6 Å². The van der Waals surface area contributed by atoms with Crippen LogP contribution in [0.1, 0.15) is 29.1 Å². The highest BCUT2D eigenvalue weighted by atomic mass is 35.5. The fourth-order valence-corrected chi connectivity index (χ4v) is 2.89. The van der Waals surface area contributed by atoms with E-state index >= 15 is 0 Å². The average molecular weight is 301 g/mol. The van der Waals surface area contributed by atoms with Gasteiger partial charge in [0.2, 0.25) is 0 Å². The van der Waals surface area contributed by atoms with E-state index in [1.54, 1.807) is 17.4 Å². The van der Waals surface area contributed by atoms with Crippen LogP contribution in [0.5, 0.6) is 0 Å². The van der Waals surface area contributed by atoms with Crippen molar-refractivity contribution in [2.75, 3.05) is 0 Å². The molecule has 1 unspecified atom stereocenters. The van der Waals surface area contributed by atoms with E-state index in [9.17, 15) is 0 Å². The van der Waals surface area contributed by atoms with Gasteiger partial charge in [0, 0.05) is 27.5 Å². The molecule has 5 heteroatoms. The van der Waals surface area contributed by atoms with Crippen molar-refractivity contribution in [2.45, 2.75) is 26.4 Å². The minimum absolute atomic E-state index is 0.151. The molecular weight excluding hydrogens is 287 g/mol. The highest BCUT2D eigenvalue weighted by molar-refractivity contribution is 7.09. The van der Waals surface area contributed by atoms with Gasteiger partial charge in [-0.3, -0.25) is 0 Å². The second-order valence-electron chi connectivity index (χ2n) is 4.13. The molecule has 96 valence electrons. The maximum atomic E-state index is 6.17. The lowest BCUT2D eigenvalue weighted by molar-refractivity contribution is 0.577. The fourth-order valence-electron chi connectivity index (χ4n) is 1.70. The van der Waals surface area contributed by atoms with Crippen molar-refractivity contribution < 1.29 is 0 Å². The molecule has 0 aliphatic carbocycles. The molecular formula is C13H14Cl2N2S. The Labute approximate surface area is 121 Å². The van der Waals surface area contributed by atoms with Crippen molar-refractivity contribution in [3.05, 3.63) is 49.9 Å². The predicted octanol–water partition coefficient (Wildman–Crippen LogP) is 4.61. The van der Waals surface area contributed by atoms with Gasteiger partial charge >= 0.3 is 0 Å². The number of hydrogen-bond acceptors (Lipinski definition) is 3. The number of nitrogens with one attached hydrogen (secondary N) is 1. The normalized spacial score (nSPS) is 12.7. The molecule has 0 spiro atoms. The molecule has 1 atom stereocenters. The first-order chi connectivity index (χ1) is 8.58. The Balaban J connectivity index is 2.06. The Morgan fingerprint density at radius 2 is 2.17 bits per heavy atom. The standard InChI is InChI=1S/C13H14Cl2N2S/c1-8(11-5-10(14)3-4-12(11)15)16-6-13-9(2)17-7-18-13/h3-5,7-8,16H,6H2,1-2H3. The van der Waals surface area contributed by atoms with Crippen molar-refractivity contribution in [1.82, 2.24) is 10.3 Å². The summed E-state index contributed by atoms with van der Waals surface area (Å²) in [6.07, 6.45) is 0. The molecule has 0 amide bonds. The molecule has 0 saturated carbocycles. The number of hydrogen-bond donors (Lipinski definition) is 1. The van der Waals surface area contributed by atoms with Crippen molar-refractivity contribution in [3.8, 4) is 0 Å². The quantitative estimate of drug-likeness (QED) is 0.892. The van der Waals surface area contributed by atoms with Gasteiger partial charge in [-0.25, -0.2) is 4.98 Å². The molecule has 0 radical (unpaired) electrons. The number of aromatic nitrogens is 1. The first-order valence-electron chi connectivity index (χ1n) is 5.65. The second kappa shape index (κ2) is 6.02. The van der Waals surface area contributed by atoms with Crippen molar-refractivity contribution in [1.29, 1.82) is 0 Å². The summed E-state index contributed by atoms with van der Waals surface area (Å²) >= 11 is 13.8. The average Bonchev–Trinajstić information content (AvgIpc) is 2.75. The number of thiazole rings is 1. The van der Waals surface area contributed by atoms with Crippen LogP contribution >= 0.6 is 34.5 Å². The van der Waals surface area contributed by atoms with Crippen LogP contribution in [0, 0.1) is 6.92 Å². The maximum absolute atomic E-state index is 6.17. The molecule has 2 aromatic rings. The van der Waals surface area contributed by atoms with Crippen LogP contribution in [-0.4, -0.2) is 4.98 Å². The number of rotatable bonds is 4. The van der Waals surface area contributed by atoms with E-state index in [0.717, 1.165) is 22.8 Å². The van der Waals surface area contributed by atoms with E-state index in [-0.39, 0.29) is 6.04 Å². The van der Waals surface area contributed by atoms with E-state index < -0.39 is 0 Å². The molecule has 1 heterocycles. The molecule has 0 fully saturated rings. The highest BCUT2D eigenvalue weighted by Crippen LogP contribution is 2.26. The van der Waals surface area contributed by atoms with Gasteiger partial charge in [0.05, 0.1) is 11.2 Å². The zero-order chi connectivity index (χ0) is 13.1. The van der Waals surface area contributed by atoms with Crippen LogP contribution in [0.25, 0.3) is 0 Å². The van der Waals surface area contributed by atoms with Crippen LogP contribution < -0.4 is 5.32 Å². The topological polar surface area (TPSA) is 24.9 Å². The van der Waals surface area contributed by atoms with Crippen molar-refractivity contribution in [3.63, 3.8) is 0 Å². The second-order valence-corrected chi connectivity index (χ2v) is 5.91. The van der Waals surface area contributed by atoms with Crippen molar-refractivity contribution >= 4 is 34.5 Å². The lowest BCUT2D eigenvalue weighted by Crippen LogP contribution is -2.18. The molecule has 2 nitrogen and oxygen atoms in total. The molecule has 1 aromatic carbocycles. The summed E-state index contributed by atoms with van der Waals surface area (Å²) < 4.78 is 0. The predicted molar refractivity (Wildman–Crippen MR) is 78.6 cm³/mol. The zero-order valence-electron chi connectivity index (χ0n) is 10.2. The summed E-state index contributed by atoms with van der Waals surface area (Å²) in [5, 5.41) is 4.88. The third-order valence-electron chi connectivity index (χ3n) is 2.84. The van der Waals surface area contributed by atoms with E-state index in [2.05, 4.69) is 17.2 Å². The van der Waals surface area contributed by atoms with Crippen LogP contribution in [0.2, 0.25) is 10.0 Å². The Morgan fingerprint density at radius 1 is 1.39 bits per heavy atom. The van der Waals surface area contributed by atoms with E-state index in [1.807, 2.05) is 24.6 Å². The minimum atomic E-state index is 0.151. The van der Waals surface area contributed by atoms with Crippen LogP contribution in [0.4, 0.5) is 0 Å². The molecule has 0 aliphatic heterocycles. The van der Waals surface area contributed by atoms with Crippen LogP contribution in [0.3, 0.4) is 0 Å². The number of halogens is 2. The van der Waals surface area contributed by atoms with Crippen LogP contribution in [-0.2, 0) is 6.54 Å². The number of aryl methyl sites for hydroxylation is 1. The minimum Gasteiger partial charge on any atom is -0.305 e. The molecule has 0 bridgehead atoms. The van der Waals surface area contributed by atoms with Gasteiger partial charge in [-0.1, -0.05) is 23.2 Å². The number of nitrogens with zero attached hydrogens (tertiary/aromatic N) is 1. The Morgan fingerprint density at radius 3 is 2.83 bits per heavy atom. The first kappa shape index (κ1) is 13.8. The summed E-state index contributed by atoms with van der Waals surface area (Å²) in [5.41, 5.74) is 3.96. The van der Waals surface area contributed by atoms with E-state index in [4.69, 9.17) is 23.2 Å². The highest BCUT2D eigenvalue weighted by Gasteiger charge is 2.11. The largest absolute Gasteiger partial charge is 0.305 e. The van der Waals surface area contributed by atoms with Gasteiger partial charge in [0.15, 0.2) is 0 Å². The maximum Gasteiger partial charge on any atom is 0.0798 e. The Hall–Kier alpha value is -0.610. The summed E-state index contributed by atoms with van der Waals surface area (Å²) in [7, 11) is 0. The first-order valence-corrected chi connectivity index (χ1v) is 7.29. The summed E-state index contributed by atoms with van der Waals surface area (Å²) in [4.78, 5) is 5.48. The molecule has 0 saturated heterocycles. The molecule has 1 N–H and O–H groups in total. The van der Waals surface area contributed by atoms with Gasteiger partial charge in [-0.15, -0.1) is 11.3 Å². The molecule has 0 aliphatic rings. The van der Waals surface area contributed by atoms with Gasteiger partial charge in [0.1, 0.15) is 0 Å². The third kappa shape index (κ3) is 3.23. The third-order valence-corrected chi connectivity index (χ3v) is 4.35. The zero-order valence-corrected chi connectivity index (χ0v) is 12.5. The number of benzene rings is 1. The Kier molecular flexibility index (Phi) is 4.62. The van der Waals surface area contributed by atoms with Crippen molar-refractivity contribution in [2.24, 2.45) is 0 Å². The van der Waals surface area contributed by atoms with Gasteiger partial charge in [-0.2, -0.15) is 0 Å². The molecule has 18 heavy (non-hydrogen) atoms. The fraction of sp³-hybridized carbons (Fsp3) is 0.308. The van der Waals surface area contributed by atoms with E-state index in [1.165, 1.54) is 4.88 Å². The molecule has 1 aromatic heterocycles. The lowest BCUT2D eigenvalue weighted by Gasteiger charge is -2.15. The Bertz CT molecular complexity index is 540. The smallest absolute Gasteiger partial charge is 0.0798 e.